The molecular formula is C19H20N4O3. The van der Waals surface area contributed by atoms with E-state index in [4.69, 9.17) is 4.42 Å². The molecule has 0 atom stereocenters. The largest absolute Gasteiger partial charge is 0.459 e. The molecule has 1 fully saturated rings. The molecule has 2 amide bonds. The van der Waals surface area contributed by atoms with Gasteiger partial charge in [0.25, 0.3) is 5.91 Å². The predicted octanol–water partition coefficient (Wildman–Crippen LogP) is 1.69. The second-order valence-electron chi connectivity index (χ2n) is 6.51. The summed E-state index contributed by atoms with van der Waals surface area (Å²) in [6, 6.07) is 9.28. The Morgan fingerprint density at radius 3 is 2.62 bits per heavy atom. The molecule has 0 radical (unpaired) electrons. The summed E-state index contributed by atoms with van der Waals surface area (Å²) in [7, 11) is 1.95. The number of amides is 2. The number of carbonyl (C=O) groups is 2. The van der Waals surface area contributed by atoms with Gasteiger partial charge in [0.1, 0.15) is 0 Å². The van der Waals surface area contributed by atoms with Crippen LogP contribution in [-0.2, 0) is 18.3 Å². The summed E-state index contributed by atoms with van der Waals surface area (Å²) >= 11 is 0. The van der Waals surface area contributed by atoms with E-state index in [0.717, 1.165) is 16.6 Å². The van der Waals surface area contributed by atoms with Gasteiger partial charge in [-0.15, -0.1) is 0 Å². The molecule has 4 rings (SSSR count). The second-order valence-corrected chi connectivity index (χ2v) is 6.51. The number of piperazine rings is 1. The van der Waals surface area contributed by atoms with Gasteiger partial charge < -0.3 is 18.8 Å². The van der Waals surface area contributed by atoms with Gasteiger partial charge >= 0.3 is 0 Å². The summed E-state index contributed by atoms with van der Waals surface area (Å²) in [4.78, 5) is 32.7. The van der Waals surface area contributed by atoms with Crippen molar-refractivity contribution < 1.29 is 14.0 Å². The number of hydrogen-bond donors (Lipinski definition) is 0. The molecular weight excluding hydrogens is 332 g/mol. The monoisotopic (exact) mass is 352 g/mol. The number of carbonyl (C=O) groups excluding carboxylic acids is 2. The van der Waals surface area contributed by atoms with Crippen molar-refractivity contribution >= 4 is 22.8 Å². The number of fused-ring (bicyclic) bond motifs is 1. The fourth-order valence-electron chi connectivity index (χ4n) is 3.29. The lowest BCUT2D eigenvalue weighted by Crippen LogP contribution is -2.50. The minimum atomic E-state index is -0.122. The standard InChI is InChI=1S/C19H20N4O3/c1-21-13-20-15-11-14(4-5-16(15)21)12-18(24)22-6-8-23(9-7-22)19(25)17-3-2-10-26-17/h2-5,10-11,13H,6-9,12H2,1H3. The maximum absolute atomic E-state index is 12.6. The number of aryl methyl sites for hydroxylation is 1. The lowest BCUT2D eigenvalue weighted by molar-refractivity contribution is -0.131. The van der Waals surface area contributed by atoms with Crippen molar-refractivity contribution in [3.63, 3.8) is 0 Å². The lowest BCUT2D eigenvalue weighted by atomic mass is 10.1. The predicted molar refractivity (Wildman–Crippen MR) is 95.6 cm³/mol. The molecule has 1 aromatic carbocycles. The highest BCUT2D eigenvalue weighted by molar-refractivity contribution is 5.91. The minimum Gasteiger partial charge on any atom is -0.459 e. The normalized spacial score (nSPS) is 14.8. The SMILES string of the molecule is Cn1cnc2cc(CC(=O)N3CCN(C(=O)c4ccco4)CC3)ccc21. The molecule has 1 saturated heterocycles. The van der Waals surface area contributed by atoms with Gasteiger partial charge in [0, 0.05) is 33.2 Å². The van der Waals surface area contributed by atoms with Crippen LogP contribution in [0.2, 0.25) is 0 Å². The summed E-state index contributed by atoms with van der Waals surface area (Å²) in [5.74, 6) is 0.293. The number of imidazole rings is 1. The van der Waals surface area contributed by atoms with Crippen LogP contribution in [-0.4, -0.2) is 57.3 Å². The minimum absolute atomic E-state index is 0.0744. The molecule has 1 aliphatic heterocycles. The first-order chi connectivity index (χ1) is 12.6. The van der Waals surface area contributed by atoms with Crippen LogP contribution < -0.4 is 0 Å². The van der Waals surface area contributed by atoms with Crippen LogP contribution in [0.1, 0.15) is 16.1 Å². The third-order valence-corrected chi connectivity index (χ3v) is 4.80. The fraction of sp³-hybridized carbons (Fsp3) is 0.316. The first kappa shape index (κ1) is 16.4. The third kappa shape index (κ3) is 3.08. The number of benzene rings is 1. The van der Waals surface area contributed by atoms with Crippen molar-refractivity contribution in [2.24, 2.45) is 7.05 Å². The van der Waals surface area contributed by atoms with E-state index in [0.29, 0.717) is 38.4 Å². The molecule has 7 heteroatoms. The van der Waals surface area contributed by atoms with Gasteiger partial charge in [0.2, 0.25) is 5.91 Å². The molecule has 3 heterocycles. The molecule has 26 heavy (non-hydrogen) atoms. The van der Waals surface area contributed by atoms with Crippen LogP contribution in [0.4, 0.5) is 0 Å². The Balaban J connectivity index is 1.36. The zero-order valence-corrected chi connectivity index (χ0v) is 14.6. The van der Waals surface area contributed by atoms with Crippen molar-refractivity contribution in [1.29, 1.82) is 0 Å². The molecule has 0 unspecified atom stereocenters. The van der Waals surface area contributed by atoms with Crippen molar-refractivity contribution in [3.8, 4) is 0 Å². The molecule has 0 spiro atoms. The van der Waals surface area contributed by atoms with E-state index in [-0.39, 0.29) is 11.8 Å². The average Bonchev–Trinajstić information content (AvgIpc) is 3.32. The molecule has 3 aromatic rings. The topological polar surface area (TPSA) is 71.6 Å². The van der Waals surface area contributed by atoms with Crippen molar-refractivity contribution in [1.82, 2.24) is 19.4 Å². The maximum atomic E-state index is 12.6. The van der Waals surface area contributed by atoms with Crippen molar-refractivity contribution in [3.05, 3.63) is 54.2 Å². The first-order valence-electron chi connectivity index (χ1n) is 8.62. The van der Waals surface area contributed by atoms with E-state index in [2.05, 4.69) is 4.98 Å². The molecule has 1 aliphatic rings. The summed E-state index contributed by atoms with van der Waals surface area (Å²) in [6.45, 7) is 2.11. The number of rotatable bonds is 3. The van der Waals surface area contributed by atoms with Crippen LogP contribution in [0.25, 0.3) is 11.0 Å². The Bertz CT molecular complexity index is 937. The Hall–Kier alpha value is -3.09. The van der Waals surface area contributed by atoms with Crippen LogP contribution in [0.5, 0.6) is 0 Å². The number of hydrogen-bond acceptors (Lipinski definition) is 4. The van der Waals surface area contributed by atoms with E-state index >= 15 is 0 Å². The van der Waals surface area contributed by atoms with E-state index < -0.39 is 0 Å². The highest BCUT2D eigenvalue weighted by Gasteiger charge is 2.26. The van der Waals surface area contributed by atoms with Crippen LogP contribution >= 0.6 is 0 Å². The second kappa shape index (κ2) is 6.67. The van der Waals surface area contributed by atoms with E-state index in [9.17, 15) is 9.59 Å². The Morgan fingerprint density at radius 2 is 1.88 bits per heavy atom. The van der Waals surface area contributed by atoms with Crippen molar-refractivity contribution in [2.45, 2.75) is 6.42 Å². The quantitative estimate of drug-likeness (QED) is 0.719. The van der Waals surface area contributed by atoms with Gasteiger partial charge in [-0.2, -0.15) is 0 Å². The molecule has 7 nitrogen and oxygen atoms in total. The zero-order chi connectivity index (χ0) is 18.1. The van der Waals surface area contributed by atoms with Gasteiger partial charge in [-0.3, -0.25) is 9.59 Å². The van der Waals surface area contributed by atoms with E-state index in [1.807, 2.05) is 34.7 Å². The Morgan fingerprint density at radius 1 is 1.12 bits per heavy atom. The molecule has 0 aliphatic carbocycles. The molecule has 2 aromatic heterocycles. The Labute approximate surface area is 150 Å². The summed E-state index contributed by atoms with van der Waals surface area (Å²) in [5, 5.41) is 0. The highest BCUT2D eigenvalue weighted by Crippen LogP contribution is 2.16. The van der Waals surface area contributed by atoms with E-state index in [1.165, 1.54) is 6.26 Å². The third-order valence-electron chi connectivity index (χ3n) is 4.80. The lowest BCUT2D eigenvalue weighted by Gasteiger charge is -2.34. The average molecular weight is 352 g/mol. The van der Waals surface area contributed by atoms with Gasteiger partial charge in [0.05, 0.1) is 30.0 Å². The summed E-state index contributed by atoms with van der Waals surface area (Å²) in [6.07, 6.45) is 3.61. The summed E-state index contributed by atoms with van der Waals surface area (Å²) < 4.78 is 7.11. The smallest absolute Gasteiger partial charge is 0.289 e. The van der Waals surface area contributed by atoms with Crippen LogP contribution in [0, 0.1) is 0 Å². The van der Waals surface area contributed by atoms with Gasteiger partial charge in [0.15, 0.2) is 5.76 Å². The molecule has 0 bridgehead atoms. The molecule has 0 saturated carbocycles. The molecule has 134 valence electrons. The van der Waals surface area contributed by atoms with Crippen LogP contribution in [0.15, 0.2) is 47.3 Å². The van der Waals surface area contributed by atoms with Gasteiger partial charge in [-0.1, -0.05) is 6.07 Å². The maximum Gasteiger partial charge on any atom is 0.289 e. The zero-order valence-electron chi connectivity index (χ0n) is 14.6. The number of nitrogens with zero attached hydrogens (tertiary/aromatic N) is 4. The summed E-state index contributed by atoms with van der Waals surface area (Å²) in [5.41, 5.74) is 2.90. The number of aromatic nitrogens is 2. The fourth-order valence-corrected chi connectivity index (χ4v) is 3.29. The Kier molecular flexibility index (Phi) is 4.20. The molecule has 0 N–H and O–H groups in total. The van der Waals surface area contributed by atoms with Crippen LogP contribution in [0.3, 0.4) is 0 Å². The van der Waals surface area contributed by atoms with E-state index in [1.54, 1.807) is 23.4 Å². The van der Waals surface area contributed by atoms with Crippen molar-refractivity contribution in [2.75, 3.05) is 26.2 Å². The van der Waals surface area contributed by atoms with Gasteiger partial charge in [-0.05, 0) is 29.8 Å². The number of furan rings is 1. The first-order valence-corrected chi connectivity index (χ1v) is 8.62. The van der Waals surface area contributed by atoms with Gasteiger partial charge in [-0.25, -0.2) is 4.98 Å². The highest BCUT2D eigenvalue weighted by atomic mass is 16.3.